The predicted molar refractivity (Wildman–Crippen MR) is 84.7 cm³/mol. The SMILES string of the molecule is COc1ccccc1-n1cc(N)c(-c2ccc(C)cc2)n1. The zero-order valence-electron chi connectivity index (χ0n) is 12.1. The summed E-state index contributed by atoms with van der Waals surface area (Å²) in [6.45, 7) is 2.06. The van der Waals surface area contributed by atoms with Crippen LogP contribution in [0.15, 0.2) is 54.7 Å². The molecule has 0 bridgehead atoms. The van der Waals surface area contributed by atoms with Gasteiger partial charge in [0.05, 0.1) is 19.0 Å². The summed E-state index contributed by atoms with van der Waals surface area (Å²) in [6.07, 6.45) is 1.81. The van der Waals surface area contributed by atoms with Gasteiger partial charge in [-0.2, -0.15) is 5.10 Å². The molecule has 1 heterocycles. The second-order valence-corrected chi connectivity index (χ2v) is 4.92. The van der Waals surface area contributed by atoms with Crippen molar-refractivity contribution in [3.8, 4) is 22.7 Å². The third kappa shape index (κ3) is 2.48. The summed E-state index contributed by atoms with van der Waals surface area (Å²) in [4.78, 5) is 0. The van der Waals surface area contributed by atoms with Crippen LogP contribution in [0.5, 0.6) is 5.75 Å². The van der Waals surface area contributed by atoms with Gasteiger partial charge in [0.2, 0.25) is 0 Å². The van der Waals surface area contributed by atoms with Crippen LogP contribution < -0.4 is 10.5 Å². The van der Waals surface area contributed by atoms with Crippen molar-refractivity contribution in [3.05, 3.63) is 60.3 Å². The number of para-hydroxylation sites is 2. The molecule has 0 radical (unpaired) electrons. The number of hydrogen-bond donors (Lipinski definition) is 1. The number of aromatic nitrogens is 2. The van der Waals surface area contributed by atoms with Crippen LogP contribution in [0.3, 0.4) is 0 Å². The van der Waals surface area contributed by atoms with E-state index in [-0.39, 0.29) is 0 Å². The van der Waals surface area contributed by atoms with Crippen molar-refractivity contribution >= 4 is 5.69 Å². The number of aryl methyl sites for hydroxylation is 1. The van der Waals surface area contributed by atoms with Gasteiger partial charge in [0.25, 0.3) is 0 Å². The Labute approximate surface area is 123 Å². The number of nitrogen functional groups attached to an aromatic ring is 1. The molecule has 3 aromatic rings. The lowest BCUT2D eigenvalue weighted by Crippen LogP contribution is -1.98. The van der Waals surface area contributed by atoms with E-state index in [1.54, 1.807) is 11.8 Å². The van der Waals surface area contributed by atoms with Gasteiger partial charge in [0.1, 0.15) is 17.1 Å². The number of nitrogens with zero attached hydrogens (tertiary/aromatic N) is 2. The molecule has 0 amide bonds. The number of benzene rings is 2. The fourth-order valence-corrected chi connectivity index (χ4v) is 2.27. The van der Waals surface area contributed by atoms with Crippen LogP contribution in [0.4, 0.5) is 5.69 Å². The Morgan fingerprint density at radius 3 is 2.48 bits per heavy atom. The van der Waals surface area contributed by atoms with Crippen molar-refractivity contribution in [2.75, 3.05) is 12.8 Å². The molecular weight excluding hydrogens is 262 g/mol. The number of rotatable bonds is 3. The molecule has 0 saturated carbocycles. The van der Waals surface area contributed by atoms with Gasteiger partial charge in [-0.05, 0) is 19.1 Å². The van der Waals surface area contributed by atoms with E-state index in [2.05, 4.69) is 24.2 Å². The summed E-state index contributed by atoms with van der Waals surface area (Å²) < 4.78 is 7.12. The third-order valence-electron chi connectivity index (χ3n) is 3.40. The van der Waals surface area contributed by atoms with E-state index in [9.17, 15) is 0 Å². The van der Waals surface area contributed by atoms with E-state index < -0.39 is 0 Å². The van der Waals surface area contributed by atoms with Crippen LogP contribution in [0.1, 0.15) is 5.56 Å². The molecule has 3 rings (SSSR count). The molecule has 0 unspecified atom stereocenters. The maximum absolute atomic E-state index is 6.12. The van der Waals surface area contributed by atoms with Gasteiger partial charge < -0.3 is 10.5 Å². The van der Waals surface area contributed by atoms with Gasteiger partial charge in [-0.25, -0.2) is 4.68 Å². The molecule has 4 nitrogen and oxygen atoms in total. The van der Waals surface area contributed by atoms with Crippen molar-refractivity contribution in [1.29, 1.82) is 0 Å². The lowest BCUT2D eigenvalue weighted by Gasteiger charge is -2.07. The van der Waals surface area contributed by atoms with Gasteiger partial charge in [-0.15, -0.1) is 0 Å². The van der Waals surface area contributed by atoms with Gasteiger partial charge in [-0.3, -0.25) is 0 Å². The highest BCUT2D eigenvalue weighted by molar-refractivity contribution is 5.72. The second-order valence-electron chi connectivity index (χ2n) is 4.92. The average Bonchev–Trinajstić information content (AvgIpc) is 2.90. The smallest absolute Gasteiger partial charge is 0.144 e. The number of hydrogen-bond acceptors (Lipinski definition) is 3. The zero-order chi connectivity index (χ0) is 14.8. The van der Waals surface area contributed by atoms with Crippen molar-refractivity contribution in [3.63, 3.8) is 0 Å². The van der Waals surface area contributed by atoms with E-state index in [0.29, 0.717) is 5.69 Å². The first kappa shape index (κ1) is 13.2. The number of ether oxygens (including phenoxy) is 1. The fourth-order valence-electron chi connectivity index (χ4n) is 2.27. The zero-order valence-corrected chi connectivity index (χ0v) is 12.1. The molecule has 0 fully saturated rings. The second kappa shape index (κ2) is 5.32. The summed E-state index contributed by atoms with van der Waals surface area (Å²) in [5.74, 6) is 0.760. The lowest BCUT2D eigenvalue weighted by atomic mass is 10.1. The van der Waals surface area contributed by atoms with Crippen LogP contribution in [-0.2, 0) is 0 Å². The topological polar surface area (TPSA) is 53.1 Å². The van der Waals surface area contributed by atoms with Crippen molar-refractivity contribution in [2.45, 2.75) is 6.92 Å². The molecule has 106 valence electrons. The molecule has 0 saturated heterocycles. The fraction of sp³-hybridized carbons (Fsp3) is 0.118. The summed E-state index contributed by atoms with van der Waals surface area (Å²) >= 11 is 0. The Kier molecular flexibility index (Phi) is 3.36. The summed E-state index contributed by atoms with van der Waals surface area (Å²) in [5, 5.41) is 4.60. The van der Waals surface area contributed by atoms with Crippen LogP contribution in [0.25, 0.3) is 16.9 Å². The molecule has 0 aliphatic rings. The first-order valence-corrected chi connectivity index (χ1v) is 6.74. The summed E-state index contributed by atoms with van der Waals surface area (Å²) in [5.41, 5.74) is 10.6. The van der Waals surface area contributed by atoms with E-state index >= 15 is 0 Å². The molecule has 1 aromatic heterocycles. The lowest BCUT2D eigenvalue weighted by molar-refractivity contribution is 0.412. The van der Waals surface area contributed by atoms with Crippen LogP contribution >= 0.6 is 0 Å². The largest absolute Gasteiger partial charge is 0.494 e. The van der Waals surface area contributed by atoms with Gasteiger partial charge in [0.15, 0.2) is 0 Å². The molecular formula is C17H17N3O. The highest BCUT2D eigenvalue weighted by Crippen LogP contribution is 2.28. The Bertz CT molecular complexity index is 760. The standard InChI is InChI=1S/C17H17N3O/c1-12-7-9-13(10-8-12)17-14(18)11-20(19-17)15-5-3-4-6-16(15)21-2/h3-11H,18H2,1-2H3. The molecule has 0 atom stereocenters. The van der Waals surface area contributed by atoms with Gasteiger partial charge >= 0.3 is 0 Å². The van der Waals surface area contributed by atoms with E-state index in [1.165, 1.54) is 5.56 Å². The Morgan fingerprint density at radius 2 is 1.76 bits per heavy atom. The minimum Gasteiger partial charge on any atom is -0.494 e. The summed E-state index contributed by atoms with van der Waals surface area (Å²) in [6, 6.07) is 15.9. The Hall–Kier alpha value is -2.75. The van der Waals surface area contributed by atoms with Crippen LogP contribution in [0.2, 0.25) is 0 Å². The molecule has 4 heteroatoms. The average molecular weight is 279 g/mol. The highest BCUT2D eigenvalue weighted by atomic mass is 16.5. The van der Waals surface area contributed by atoms with Crippen molar-refractivity contribution in [2.24, 2.45) is 0 Å². The predicted octanol–water partition coefficient (Wildman–Crippen LogP) is 3.44. The quantitative estimate of drug-likeness (QED) is 0.799. The molecule has 0 spiro atoms. The van der Waals surface area contributed by atoms with E-state index in [4.69, 9.17) is 10.5 Å². The van der Waals surface area contributed by atoms with Crippen LogP contribution in [-0.4, -0.2) is 16.9 Å². The van der Waals surface area contributed by atoms with Gasteiger partial charge in [0, 0.05) is 5.56 Å². The van der Waals surface area contributed by atoms with Crippen molar-refractivity contribution in [1.82, 2.24) is 9.78 Å². The van der Waals surface area contributed by atoms with Gasteiger partial charge in [-0.1, -0.05) is 42.0 Å². The number of methoxy groups -OCH3 is 1. The van der Waals surface area contributed by atoms with Crippen LogP contribution in [0, 0.1) is 6.92 Å². The summed E-state index contributed by atoms with van der Waals surface area (Å²) in [7, 11) is 1.65. The highest BCUT2D eigenvalue weighted by Gasteiger charge is 2.12. The third-order valence-corrected chi connectivity index (χ3v) is 3.40. The first-order valence-electron chi connectivity index (χ1n) is 6.74. The first-order chi connectivity index (χ1) is 10.2. The number of anilines is 1. The molecule has 21 heavy (non-hydrogen) atoms. The maximum Gasteiger partial charge on any atom is 0.144 e. The number of nitrogens with two attached hydrogens (primary N) is 1. The minimum absolute atomic E-state index is 0.643. The van der Waals surface area contributed by atoms with E-state index in [1.807, 2.05) is 42.6 Å². The van der Waals surface area contributed by atoms with E-state index in [0.717, 1.165) is 22.7 Å². The molecule has 0 aliphatic heterocycles. The van der Waals surface area contributed by atoms with Crippen molar-refractivity contribution < 1.29 is 4.74 Å². The Balaban J connectivity index is 2.07. The minimum atomic E-state index is 0.643. The Morgan fingerprint density at radius 1 is 1.05 bits per heavy atom. The molecule has 2 N–H and O–H groups in total. The monoisotopic (exact) mass is 279 g/mol. The molecule has 0 aliphatic carbocycles. The normalized spacial score (nSPS) is 10.6. The maximum atomic E-state index is 6.12. The molecule has 2 aromatic carbocycles.